The number of amides is 2. The van der Waals surface area contributed by atoms with Gasteiger partial charge in [-0.15, -0.1) is 0 Å². The predicted octanol–water partition coefficient (Wildman–Crippen LogP) is 5.21. The van der Waals surface area contributed by atoms with E-state index in [0.29, 0.717) is 22.7 Å². The second kappa shape index (κ2) is 9.30. The number of hydrogen-bond acceptors (Lipinski definition) is 5. The monoisotopic (exact) mass is 460 g/mol. The van der Waals surface area contributed by atoms with Gasteiger partial charge >= 0.3 is 5.97 Å². The van der Waals surface area contributed by atoms with Crippen molar-refractivity contribution in [1.29, 1.82) is 0 Å². The minimum atomic E-state index is -0.593. The molecule has 0 bridgehead atoms. The van der Waals surface area contributed by atoms with Gasteiger partial charge in [0.15, 0.2) is 0 Å². The Morgan fingerprint density at radius 3 is 2.30 bits per heavy atom. The highest BCUT2D eigenvalue weighted by molar-refractivity contribution is 6.53. The Bertz CT molecular complexity index is 1260. The topological polar surface area (TPSA) is 75.7 Å². The van der Waals surface area contributed by atoms with Gasteiger partial charge < -0.3 is 10.1 Å². The second-order valence-corrected chi connectivity index (χ2v) is 7.94. The molecule has 0 aromatic heterocycles. The van der Waals surface area contributed by atoms with Crippen molar-refractivity contribution in [3.63, 3.8) is 0 Å². The maximum atomic E-state index is 12.9. The van der Waals surface area contributed by atoms with E-state index in [0.717, 1.165) is 22.4 Å². The summed E-state index contributed by atoms with van der Waals surface area (Å²) in [6, 6.07) is 20.7. The van der Waals surface area contributed by atoms with Crippen molar-refractivity contribution in [2.45, 2.75) is 20.3 Å². The molecule has 166 valence electrons. The van der Waals surface area contributed by atoms with E-state index in [-0.39, 0.29) is 10.7 Å². The van der Waals surface area contributed by atoms with E-state index < -0.39 is 17.8 Å². The van der Waals surface area contributed by atoms with Crippen LogP contribution in [0, 0.1) is 6.92 Å². The zero-order chi connectivity index (χ0) is 23.5. The molecule has 0 spiro atoms. The average molecular weight is 461 g/mol. The molecule has 1 aliphatic rings. The molecule has 2 amide bonds. The van der Waals surface area contributed by atoms with Gasteiger partial charge in [-0.2, -0.15) is 0 Å². The molecule has 33 heavy (non-hydrogen) atoms. The van der Waals surface area contributed by atoms with Gasteiger partial charge in [0.2, 0.25) is 0 Å². The van der Waals surface area contributed by atoms with Crippen molar-refractivity contribution in [2.75, 3.05) is 10.2 Å². The number of ether oxygens (including phenoxy) is 1. The first-order chi connectivity index (χ1) is 15.9. The Morgan fingerprint density at radius 2 is 1.67 bits per heavy atom. The Hall–Kier alpha value is -3.90. The van der Waals surface area contributed by atoms with Crippen LogP contribution in [0.15, 0.2) is 83.5 Å². The number of nitrogens with zero attached hydrogens (tertiary/aromatic N) is 1. The number of benzene rings is 3. The summed E-state index contributed by atoms with van der Waals surface area (Å²) < 4.78 is 5.40. The van der Waals surface area contributed by atoms with Gasteiger partial charge in [0.25, 0.3) is 11.8 Å². The molecule has 6 nitrogen and oxygen atoms in total. The number of halogens is 1. The number of imide groups is 1. The van der Waals surface area contributed by atoms with Crippen LogP contribution in [0.3, 0.4) is 0 Å². The lowest BCUT2D eigenvalue weighted by Crippen LogP contribution is -2.32. The van der Waals surface area contributed by atoms with Crippen LogP contribution in [0.5, 0.6) is 5.75 Å². The summed E-state index contributed by atoms with van der Waals surface area (Å²) in [5, 5.41) is 2.70. The number of carbonyl (C=O) groups is 3. The molecular weight excluding hydrogens is 440 g/mol. The molecule has 0 atom stereocenters. The normalized spacial score (nSPS) is 13.5. The predicted molar refractivity (Wildman–Crippen MR) is 127 cm³/mol. The number of esters is 1. The van der Waals surface area contributed by atoms with Gasteiger partial charge in [0, 0.05) is 5.69 Å². The minimum absolute atomic E-state index is 0.0190. The minimum Gasteiger partial charge on any atom is -0.423 e. The summed E-state index contributed by atoms with van der Waals surface area (Å²) in [6.07, 6.45) is 0.903. The number of nitrogens with one attached hydrogen (secondary N) is 1. The van der Waals surface area contributed by atoms with E-state index >= 15 is 0 Å². The van der Waals surface area contributed by atoms with Crippen LogP contribution in [0.1, 0.15) is 28.4 Å². The Balaban J connectivity index is 1.46. The van der Waals surface area contributed by atoms with Crippen LogP contribution < -0.4 is 15.0 Å². The zero-order valence-corrected chi connectivity index (χ0v) is 18.8. The lowest BCUT2D eigenvalue weighted by Gasteiger charge is -2.15. The Morgan fingerprint density at radius 1 is 0.970 bits per heavy atom. The number of rotatable bonds is 6. The molecule has 7 heteroatoms. The zero-order valence-electron chi connectivity index (χ0n) is 18.1. The highest BCUT2D eigenvalue weighted by Crippen LogP contribution is 2.30. The summed E-state index contributed by atoms with van der Waals surface area (Å²) in [6.45, 7) is 3.92. The fourth-order valence-electron chi connectivity index (χ4n) is 3.41. The van der Waals surface area contributed by atoms with Crippen molar-refractivity contribution in [1.82, 2.24) is 0 Å². The van der Waals surface area contributed by atoms with E-state index in [1.54, 1.807) is 54.6 Å². The maximum Gasteiger partial charge on any atom is 0.343 e. The highest BCUT2D eigenvalue weighted by atomic mass is 35.5. The molecule has 0 saturated heterocycles. The van der Waals surface area contributed by atoms with E-state index in [2.05, 4.69) is 12.2 Å². The number of aryl methyl sites for hydroxylation is 2. The van der Waals surface area contributed by atoms with Gasteiger partial charge in [-0.3, -0.25) is 9.59 Å². The molecule has 1 aliphatic heterocycles. The van der Waals surface area contributed by atoms with Gasteiger partial charge in [-0.1, -0.05) is 42.8 Å². The van der Waals surface area contributed by atoms with Gasteiger partial charge in [-0.05, 0) is 73.0 Å². The largest absolute Gasteiger partial charge is 0.423 e. The first-order valence-electron chi connectivity index (χ1n) is 10.4. The molecule has 1 heterocycles. The van der Waals surface area contributed by atoms with Gasteiger partial charge in [0.05, 0.1) is 11.3 Å². The van der Waals surface area contributed by atoms with Crippen molar-refractivity contribution in [3.8, 4) is 5.75 Å². The van der Waals surface area contributed by atoms with Crippen LogP contribution in [0.2, 0.25) is 0 Å². The van der Waals surface area contributed by atoms with Gasteiger partial charge in [0.1, 0.15) is 16.5 Å². The lowest BCUT2D eigenvalue weighted by molar-refractivity contribution is -0.120. The highest BCUT2D eigenvalue weighted by Gasteiger charge is 2.39. The number of anilines is 2. The SMILES string of the molecule is CCc1ccc(OC(=O)c2ccc(NC3=C(Cl)C(=O)N(c4cccc(C)c4)C3=O)cc2)cc1. The first-order valence-corrected chi connectivity index (χ1v) is 10.8. The Kier molecular flexibility index (Phi) is 6.29. The smallest absolute Gasteiger partial charge is 0.343 e. The summed E-state index contributed by atoms with van der Waals surface area (Å²) in [4.78, 5) is 38.9. The molecule has 4 rings (SSSR count). The number of carbonyl (C=O) groups excluding carboxylic acids is 3. The second-order valence-electron chi connectivity index (χ2n) is 7.56. The van der Waals surface area contributed by atoms with Crippen LogP contribution in [-0.2, 0) is 16.0 Å². The molecule has 0 fully saturated rings. The van der Waals surface area contributed by atoms with Crippen molar-refractivity contribution < 1.29 is 19.1 Å². The molecule has 1 N–H and O–H groups in total. The van der Waals surface area contributed by atoms with Crippen LogP contribution in [-0.4, -0.2) is 17.8 Å². The lowest BCUT2D eigenvalue weighted by atomic mass is 10.1. The molecular formula is C26H21ClN2O4. The third-order valence-electron chi connectivity index (χ3n) is 5.22. The third-order valence-corrected chi connectivity index (χ3v) is 5.57. The van der Waals surface area contributed by atoms with Crippen molar-refractivity contribution in [3.05, 3.63) is 100 Å². The standard InChI is InChI=1S/C26H21ClN2O4/c1-3-17-7-13-21(14-8-17)33-26(32)18-9-11-19(12-10-18)28-23-22(27)24(30)29(25(23)31)20-6-4-5-16(2)15-20/h4-15,28H,3H2,1-2H3. The first kappa shape index (κ1) is 22.3. The van der Waals surface area contributed by atoms with Crippen LogP contribution in [0.4, 0.5) is 11.4 Å². The van der Waals surface area contributed by atoms with Crippen molar-refractivity contribution in [2.24, 2.45) is 0 Å². The fourth-order valence-corrected chi connectivity index (χ4v) is 3.62. The molecule has 0 aliphatic carbocycles. The summed E-state index contributed by atoms with van der Waals surface area (Å²) in [7, 11) is 0. The molecule has 3 aromatic rings. The van der Waals surface area contributed by atoms with Crippen LogP contribution in [0.25, 0.3) is 0 Å². The molecule has 0 unspecified atom stereocenters. The maximum absolute atomic E-state index is 12.9. The molecule has 0 radical (unpaired) electrons. The van der Waals surface area contributed by atoms with Crippen molar-refractivity contribution >= 4 is 40.8 Å². The van der Waals surface area contributed by atoms with E-state index in [9.17, 15) is 14.4 Å². The Labute approximate surface area is 196 Å². The third kappa shape index (κ3) is 4.66. The van der Waals surface area contributed by atoms with E-state index in [1.807, 2.05) is 25.1 Å². The van der Waals surface area contributed by atoms with E-state index in [4.69, 9.17) is 16.3 Å². The van der Waals surface area contributed by atoms with E-state index in [1.165, 1.54) is 0 Å². The fraction of sp³-hybridized carbons (Fsp3) is 0.115. The molecule has 3 aromatic carbocycles. The summed E-state index contributed by atoms with van der Waals surface area (Å²) >= 11 is 6.18. The summed E-state index contributed by atoms with van der Waals surface area (Å²) in [5.41, 5.74) is 3.34. The molecule has 0 saturated carbocycles. The van der Waals surface area contributed by atoms with Crippen LogP contribution >= 0.6 is 11.6 Å². The summed E-state index contributed by atoms with van der Waals surface area (Å²) in [5.74, 6) is -1.18. The van der Waals surface area contributed by atoms with Gasteiger partial charge in [-0.25, -0.2) is 9.69 Å². The number of hydrogen-bond donors (Lipinski definition) is 1. The quantitative estimate of drug-likeness (QED) is 0.310. The average Bonchev–Trinajstić information content (AvgIpc) is 3.03.